The van der Waals surface area contributed by atoms with E-state index < -0.39 is 0 Å². The number of aryl methyl sites for hydroxylation is 1. The molecule has 0 fully saturated rings. The molecule has 0 radical (unpaired) electrons. The van der Waals surface area contributed by atoms with E-state index in [0.29, 0.717) is 29.5 Å². The molecular weight excluding hydrogens is 350 g/mol. The average Bonchev–Trinajstić information content (AvgIpc) is 3.08. The number of rotatable bonds is 6. The van der Waals surface area contributed by atoms with E-state index in [1.165, 1.54) is 0 Å². The number of nitrogens with zero attached hydrogens (tertiary/aromatic N) is 5. The SMILES string of the molecule is C=CCN(Cc1ccccc1Cl)C(=O)c1cccc(-c2nnnn2C)c1. The first kappa shape index (κ1) is 17.8. The molecule has 0 aliphatic carbocycles. The van der Waals surface area contributed by atoms with Crippen LogP contribution in [0.25, 0.3) is 11.4 Å². The van der Waals surface area contributed by atoms with Gasteiger partial charge in [-0.25, -0.2) is 4.68 Å². The maximum Gasteiger partial charge on any atom is 0.254 e. The van der Waals surface area contributed by atoms with Crippen LogP contribution < -0.4 is 0 Å². The minimum absolute atomic E-state index is 0.109. The minimum Gasteiger partial charge on any atom is -0.331 e. The molecule has 0 saturated heterocycles. The van der Waals surface area contributed by atoms with Crippen LogP contribution >= 0.6 is 11.6 Å². The molecule has 0 N–H and O–H groups in total. The van der Waals surface area contributed by atoms with E-state index in [0.717, 1.165) is 11.1 Å². The van der Waals surface area contributed by atoms with Gasteiger partial charge in [-0.05, 0) is 34.2 Å². The predicted molar refractivity (Wildman–Crippen MR) is 101 cm³/mol. The topological polar surface area (TPSA) is 63.9 Å². The first-order valence-corrected chi connectivity index (χ1v) is 8.44. The largest absolute Gasteiger partial charge is 0.331 e. The second-order valence-corrected chi connectivity index (χ2v) is 6.18. The van der Waals surface area contributed by atoms with Crippen molar-refractivity contribution in [1.29, 1.82) is 0 Å². The smallest absolute Gasteiger partial charge is 0.254 e. The molecule has 7 heteroatoms. The van der Waals surface area contributed by atoms with Crippen LogP contribution in [0, 0.1) is 0 Å². The summed E-state index contributed by atoms with van der Waals surface area (Å²) in [5.74, 6) is 0.489. The average molecular weight is 368 g/mol. The lowest BCUT2D eigenvalue weighted by atomic mass is 10.1. The van der Waals surface area contributed by atoms with Crippen molar-refractivity contribution in [1.82, 2.24) is 25.1 Å². The highest BCUT2D eigenvalue weighted by Gasteiger charge is 2.17. The molecule has 0 aliphatic rings. The summed E-state index contributed by atoms with van der Waals surface area (Å²) in [6, 6.07) is 14.7. The number of benzene rings is 2. The zero-order valence-corrected chi connectivity index (χ0v) is 15.1. The lowest BCUT2D eigenvalue weighted by Gasteiger charge is -2.22. The Morgan fingerprint density at radius 2 is 2.08 bits per heavy atom. The van der Waals surface area contributed by atoms with Crippen LogP contribution in [0.3, 0.4) is 0 Å². The van der Waals surface area contributed by atoms with Gasteiger partial charge in [0.15, 0.2) is 5.82 Å². The fourth-order valence-electron chi connectivity index (χ4n) is 2.66. The number of halogens is 1. The second-order valence-electron chi connectivity index (χ2n) is 5.77. The number of carbonyl (C=O) groups is 1. The van der Waals surface area contributed by atoms with Gasteiger partial charge in [0, 0.05) is 36.3 Å². The van der Waals surface area contributed by atoms with Gasteiger partial charge in [-0.2, -0.15) is 0 Å². The molecule has 0 atom stereocenters. The third kappa shape index (κ3) is 3.81. The van der Waals surface area contributed by atoms with Crippen LogP contribution in [0.5, 0.6) is 0 Å². The van der Waals surface area contributed by atoms with Crippen LogP contribution in [0.4, 0.5) is 0 Å². The van der Waals surface area contributed by atoms with E-state index in [-0.39, 0.29) is 5.91 Å². The highest BCUT2D eigenvalue weighted by Crippen LogP contribution is 2.21. The van der Waals surface area contributed by atoms with Crippen LogP contribution in [0.2, 0.25) is 5.02 Å². The lowest BCUT2D eigenvalue weighted by Crippen LogP contribution is -2.30. The lowest BCUT2D eigenvalue weighted by molar-refractivity contribution is 0.0763. The summed E-state index contributed by atoms with van der Waals surface area (Å²) in [5.41, 5.74) is 2.22. The second kappa shape index (κ2) is 7.93. The Morgan fingerprint density at radius 3 is 2.77 bits per heavy atom. The van der Waals surface area contributed by atoms with Crippen molar-refractivity contribution in [2.45, 2.75) is 6.54 Å². The predicted octanol–water partition coefficient (Wildman–Crippen LogP) is 3.36. The number of amides is 1. The fraction of sp³-hybridized carbons (Fsp3) is 0.158. The normalized spacial score (nSPS) is 10.5. The Morgan fingerprint density at radius 1 is 1.27 bits per heavy atom. The summed E-state index contributed by atoms with van der Waals surface area (Å²) in [6.07, 6.45) is 1.70. The zero-order valence-electron chi connectivity index (χ0n) is 14.3. The number of tetrazole rings is 1. The van der Waals surface area contributed by atoms with Crippen molar-refractivity contribution < 1.29 is 4.79 Å². The van der Waals surface area contributed by atoms with Crippen molar-refractivity contribution in [3.8, 4) is 11.4 Å². The molecule has 2 aromatic carbocycles. The molecule has 132 valence electrons. The highest BCUT2D eigenvalue weighted by molar-refractivity contribution is 6.31. The van der Waals surface area contributed by atoms with Gasteiger partial charge < -0.3 is 4.90 Å². The van der Waals surface area contributed by atoms with Gasteiger partial charge >= 0.3 is 0 Å². The summed E-state index contributed by atoms with van der Waals surface area (Å²) < 4.78 is 1.56. The van der Waals surface area contributed by atoms with E-state index in [4.69, 9.17) is 11.6 Å². The summed E-state index contributed by atoms with van der Waals surface area (Å²) >= 11 is 6.24. The van der Waals surface area contributed by atoms with Gasteiger partial charge in [0.05, 0.1) is 0 Å². The van der Waals surface area contributed by atoms with Crippen molar-refractivity contribution >= 4 is 17.5 Å². The van der Waals surface area contributed by atoms with Crippen molar-refractivity contribution in [3.05, 3.63) is 77.3 Å². The van der Waals surface area contributed by atoms with Gasteiger partial charge in [0.25, 0.3) is 5.91 Å². The van der Waals surface area contributed by atoms with Gasteiger partial charge in [0.2, 0.25) is 0 Å². The number of aromatic nitrogens is 4. The molecular formula is C19H18ClN5O. The Labute approximate surface area is 156 Å². The van der Waals surface area contributed by atoms with E-state index in [1.54, 1.807) is 34.8 Å². The number of hydrogen-bond acceptors (Lipinski definition) is 4. The molecule has 0 unspecified atom stereocenters. The first-order valence-electron chi connectivity index (χ1n) is 8.06. The summed E-state index contributed by atoms with van der Waals surface area (Å²) in [4.78, 5) is 14.7. The molecule has 1 amide bonds. The van der Waals surface area contributed by atoms with Crippen molar-refractivity contribution in [3.63, 3.8) is 0 Å². The summed E-state index contributed by atoms with van der Waals surface area (Å²) in [5, 5.41) is 12.1. The highest BCUT2D eigenvalue weighted by atomic mass is 35.5. The molecule has 0 aliphatic heterocycles. The zero-order chi connectivity index (χ0) is 18.5. The fourth-order valence-corrected chi connectivity index (χ4v) is 2.85. The molecule has 26 heavy (non-hydrogen) atoms. The number of carbonyl (C=O) groups excluding carboxylic acids is 1. The maximum atomic E-state index is 13.0. The molecule has 3 rings (SSSR count). The Hall–Kier alpha value is -2.99. The van der Waals surface area contributed by atoms with Crippen LogP contribution in [-0.4, -0.2) is 37.6 Å². The van der Waals surface area contributed by atoms with E-state index in [2.05, 4.69) is 22.1 Å². The molecule has 1 heterocycles. The maximum absolute atomic E-state index is 13.0. The molecule has 6 nitrogen and oxygen atoms in total. The quantitative estimate of drug-likeness (QED) is 0.627. The van der Waals surface area contributed by atoms with Crippen molar-refractivity contribution in [2.24, 2.45) is 7.05 Å². The number of hydrogen-bond donors (Lipinski definition) is 0. The Bertz CT molecular complexity index is 937. The van der Waals surface area contributed by atoms with Gasteiger partial charge in [-0.15, -0.1) is 11.7 Å². The van der Waals surface area contributed by atoms with Crippen molar-refractivity contribution in [2.75, 3.05) is 6.54 Å². The van der Waals surface area contributed by atoms with Gasteiger partial charge in [-0.3, -0.25) is 4.79 Å². The molecule has 3 aromatic rings. The molecule has 0 spiro atoms. The van der Waals surface area contributed by atoms with E-state index >= 15 is 0 Å². The molecule has 0 bridgehead atoms. The van der Waals surface area contributed by atoms with Gasteiger partial charge in [0.1, 0.15) is 0 Å². The minimum atomic E-state index is -0.109. The Balaban J connectivity index is 1.89. The monoisotopic (exact) mass is 367 g/mol. The third-order valence-corrected chi connectivity index (χ3v) is 4.31. The molecule has 1 aromatic heterocycles. The standard InChI is InChI=1S/C19H18ClN5O/c1-3-11-25(13-16-7-4-5-10-17(16)20)19(26)15-9-6-8-14(12-15)18-21-22-23-24(18)2/h3-10,12H,1,11,13H2,2H3. The van der Waals surface area contributed by atoms with Crippen LogP contribution in [0.15, 0.2) is 61.2 Å². The van der Waals surface area contributed by atoms with Crippen LogP contribution in [0.1, 0.15) is 15.9 Å². The van der Waals surface area contributed by atoms with Gasteiger partial charge in [-0.1, -0.05) is 48.0 Å². The van der Waals surface area contributed by atoms with Crippen LogP contribution in [-0.2, 0) is 13.6 Å². The Kier molecular flexibility index (Phi) is 5.43. The molecule has 0 saturated carbocycles. The van der Waals surface area contributed by atoms with E-state index in [9.17, 15) is 4.79 Å². The first-order chi connectivity index (χ1) is 12.6. The third-order valence-electron chi connectivity index (χ3n) is 3.94. The summed E-state index contributed by atoms with van der Waals surface area (Å²) in [6.45, 7) is 4.57. The van der Waals surface area contributed by atoms with E-state index in [1.807, 2.05) is 36.4 Å². The summed E-state index contributed by atoms with van der Waals surface area (Å²) in [7, 11) is 1.76.